The third kappa shape index (κ3) is 2.57. The Morgan fingerprint density at radius 2 is 1.95 bits per heavy atom. The zero-order valence-corrected chi connectivity index (χ0v) is 12.3. The zero-order chi connectivity index (χ0) is 15.7. The van der Waals surface area contributed by atoms with Crippen LogP contribution in [0.5, 0.6) is 17.2 Å². The van der Waals surface area contributed by atoms with Gasteiger partial charge in [0, 0.05) is 24.5 Å². The second-order valence-corrected chi connectivity index (χ2v) is 4.99. The topological polar surface area (TPSA) is 46.7 Å². The molecule has 0 saturated carbocycles. The second-order valence-electron chi connectivity index (χ2n) is 4.55. The fourth-order valence-electron chi connectivity index (χ4n) is 2.14. The van der Waals surface area contributed by atoms with Crippen LogP contribution in [0.15, 0.2) is 42.7 Å². The first-order valence-corrected chi connectivity index (χ1v) is 6.71. The van der Waals surface area contributed by atoms with E-state index in [4.69, 9.17) is 26.3 Å². The van der Waals surface area contributed by atoms with Gasteiger partial charge >= 0.3 is 0 Å². The van der Waals surface area contributed by atoms with Gasteiger partial charge < -0.3 is 13.9 Å². The van der Waals surface area contributed by atoms with Gasteiger partial charge in [0.25, 0.3) is 0 Å². The lowest BCUT2D eigenvalue weighted by Crippen LogP contribution is -1.93. The number of pyridine rings is 1. The number of hydrogen-bond acceptors (Lipinski definition) is 3. The first-order chi connectivity index (χ1) is 10.6. The molecule has 2 aromatic heterocycles. The average molecular weight is 317 g/mol. The van der Waals surface area contributed by atoms with Crippen LogP contribution in [-0.2, 0) is 0 Å². The smallest absolute Gasteiger partial charge is 0.169 e. The molecule has 0 spiro atoms. The number of ether oxygens (including phenoxy) is 2. The molecule has 0 fully saturated rings. The van der Waals surface area contributed by atoms with E-state index in [1.54, 1.807) is 28.9 Å². The van der Waals surface area contributed by atoms with Gasteiger partial charge in [-0.1, -0.05) is 11.6 Å². The van der Waals surface area contributed by atoms with Crippen molar-refractivity contribution in [2.45, 2.75) is 0 Å². The van der Waals surface area contributed by atoms with Crippen molar-refractivity contribution in [3.8, 4) is 23.3 Å². The van der Waals surface area contributed by atoms with Crippen LogP contribution in [0.4, 0.5) is 4.39 Å². The third-order valence-corrected chi connectivity index (χ3v) is 3.31. The Balaban J connectivity index is 2.11. The predicted molar refractivity (Wildman–Crippen MR) is 80.1 cm³/mol. The van der Waals surface area contributed by atoms with Crippen LogP contribution in [0.2, 0.25) is 5.02 Å². The van der Waals surface area contributed by atoms with Crippen molar-refractivity contribution < 1.29 is 13.9 Å². The van der Waals surface area contributed by atoms with Gasteiger partial charge in [-0.2, -0.15) is 5.26 Å². The van der Waals surface area contributed by atoms with Gasteiger partial charge in [-0.15, -0.1) is 0 Å². The van der Waals surface area contributed by atoms with Crippen LogP contribution < -0.4 is 9.47 Å². The number of nitrogens with zero attached hydrogens (tertiary/aromatic N) is 2. The predicted octanol–water partition coefficient (Wildman–Crippen LogP) is 4.40. The molecule has 0 amide bonds. The van der Waals surface area contributed by atoms with Gasteiger partial charge in [-0.25, -0.2) is 4.39 Å². The normalized spacial score (nSPS) is 10.5. The van der Waals surface area contributed by atoms with E-state index in [1.165, 1.54) is 25.3 Å². The summed E-state index contributed by atoms with van der Waals surface area (Å²) in [6.45, 7) is 0. The molecule has 0 aliphatic rings. The molecule has 1 aromatic carbocycles. The Morgan fingerprint density at radius 3 is 2.68 bits per heavy atom. The van der Waals surface area contributed by atoms with E-state index in [1.807, 2.05) is 0 Å². The maximum absolute atomic E-state index is 13.2. The molecule has 0 radical (unpaired) electrons. The van der Waals surface area contributed by atoms with Crippen molar-refractivity contribution in [3.63, 3.8) is 0 Å². The van der Waals surface area contributed by atoms with Crippen molar-refractivity contribution in [3.05, 3.63) is 59.1 Å². The highest BCUT2D eigenvalue weighted by Crippen LogP contribution is 2.35. The molecule has 6 heteroatoms. The molecule has 22 heavy (non-hydrogen) atoms. The monoisotopic (exact) mass is 316 g/mol. The SMILES string of the molecule is COc1cc(F)ccc1Oc1cc(Cl)cn2cc(C#N)cc12. The minimum atomic E-state index is -0.421. The summed E-state index contributed by atoms with van der Waals surface area (Å²) in [6.07, 6.45) is 3.32. The molecule has 3 aromatic rings. The third-order valence-electron chi connectivity index (χ3n) is 3.11. The lowest BCUT2D eigenvalue weighted by molar-refractivity contribution is 0.376. The van der Waals surface area contributed by atoms with Crippen molar-refractivity contribution >= 4 is 17.1 Å². The second kappa shape index (κ2) is 5.58. The molecule has 0 atom stereocenters. The standard InChI is InChI=1S/C16H10ClFN2O2/c1-21-16-6-12(18)2-3-14(16)22-15-5-11(17)9-20-8-10(7-19)4-13(15)20/h2-6,8-9H,1H3. The van der Waals surface area contributed by atoms with Gasteiger partial charge in [0.1, 0.15) is 11.9 Å². The largest absolute Gasteiger partial charge is 0.493 e. The van der Waals surface area contributed by atoms with Gasteiger partial charge in [-0.3, -0.25) is 0 Å². The Labute approximate surface area is 130 Å². The highest BCUT2D eigenvalue weighted by atomic mass is 35.5. The van der Waals surface area contributed by atoms with E-state index >= 15 is 0 Å². The Hall–Kier alpha value is -2.71. The van der Waals surface area contributed by atoms with Crippen molar-refractivity contribution in [2.24, 2.45) is 0 Å². The summed E-state index contributed by atoms with van der Waals surface area (Å²) in [5.74, 6) is 0.645. The molecule has 0 aliphatic heterocycles. The summed E-state index contributed by atoms with van der Waals surface area (Å²) < 4.78 is 25.9. The minimum absolute atomic E-state index is 0.269. The van der Waals surface area contributed by atoms with Gasteiger partial charge in [0.15, 0.2) is 17.2 Å². The average Bonchev–Trinajstić information content (AvgIpc) is 2.92. The maximum Gasteiger partial charge on any atom is 0.169 e. The van der Waals surface area contributed by atoms with E-state index in [-0.39, 0.29) is 5.75 Å². The first-order valence-electron chi connectivity index (χ1n) is 6.33. The van der Waals surface area contributed by atoms with Gasteiger partial charge in [-0.05, 0) is 18.2 Å². The van der Waals surface area contributed by atoms with Crippen molar-refractivity contribution in [2.75, 3.05) is 7.11 Å². The summed E-state index contributed by atoms with van der Waals surface area (Å²) in [5, 5.41) is 9.45. The number of rotatable bonds is 3. The molecule has 3 rings (SSSR count). The number of hydrogen-bond donors (Lipinski definition) is 0. The molecule has 0 unspecified atom stereocenters. The summed E-state index contributed by atoms with van der Waals surface area (Å²) in [7, 11) is 1.43. The summed E-state index contributed by atoms with van der Waals surface area (Å²) in [5.41, 5.74) is 1.16. The maximum atomic E-state index is 13.2. The summed E-state index contributed by atoms with van der Waals surface area (Å²) in [4.78, 5) is 0. The molecular formula is C16H10ClFN2O2. The molecule has 0 aliphatic carbocycles. The number of aromatic nitrogens is 1. The number of methoxy groups -OCH3 is 1. The Bertz CT molecular complexity index is 899. The van der Waals surface area contributed by atoms with Crippen LogP contribution in [0.3, 0.4) is 0 Å². The van der Waals surface area contributed by atoms with Crippen LogP contribution in [0.1, 0.15) is 5.56 Å². The van der Waals surface area contributed by atoms with E-state index < -0.39 is 5.82 Å². The number of benzene rings is 1. The molecule has 0 N–H and O–H groups in total. The molecule has 110 valence electrons. The van der Waals surface area contributed by atoms with Crippen LogP contribution >= 0.6 is 11.6 Å². The van der Waals surface area contributed by atoms with Crippen molar-refractivity contribution in [1.29, 1.82) is 5.26 Å². The zero-order valence-electron chi connectivity index (χ0n) is 11.5. The summed E-state index contributed by atoms with van der Waals surface area (Å²) >= 11 is 6.07. The molecule has 2 heterocycles. The van der Waals surface area contributed by atoms with E-state index in [0.717, 1.165) is 0 Å². The number of nitriles is 1. The number of halogens is 2. The highest BCUT2D eigenvalue weighted by Gasteiger charge is 2.12. The van der Waals surface area contributed by atoms with E-state index in [2.05, 4.69) is 6.07 Å². The highest BCUT2D eigenvalue weighted by molar-refractivity contribution is 6.30. The fraction of sp³-hybridized carbons (Fsp3) is 0.0625. The van der Waals surface area contributed by atoms with E-state index in [0.29, 0.717) is 27.6 Å². The minimum Gasteiger partial charge on any atom is -0.493 e. The molecule has 0 bridgehead atoms. The first kappa shape index (κ1) is 14.2. The van der Waals surface area contributed by atoms with Crippen LogP contribution in [0.25, 0.3) is 5.52 Å². The lowest BCUT2D eigenvalue weighted by Gasteiger charge is -2.12. The molecular weight excluding hydrogens is 307 g/mol. The summed E-state index contributed by atoms with van der Waals surface area (Å²) in [6, 6.07) is 9.35. The molecule has 0 saturated heterocycles. The fourth-order valence-corrected chi connectivity index (χ4v) is 2.34. The van der Waals surface area contributed by atoms with Crippen LogP contribution in [-0.4, -0.2) is 11.5 Å². The van der Waals surface area contributed by atoms with Crippen molar-refractivity contribution in [1.82, 2.24) is 4.40 Å². The van der Waals surface area contributed by atoms with Gasteiger partial charge in [0.05, 0.1) is 23.2 Å². The Kier molecular flexibility index (Phi) is 3.61. The van der Waals surface area contributed by atoms with Crippen LogP contribution in [0, 0.1) is 17.1 Å². The van der Waals surface area contributed by atoms with Gasteiger partial charge in [0.2, 0.25) is 0 Å². The molecule has 4 nitrogen and oxygen atoms in total. The lowest BCUT2D eigenvalue weighted by atomic mass is 10.3. The quantitative estimate of drug-likeness (QED) is 0.719. The number of fused-ring (bicyclic) bond motifs is 1. The van der Waals surface area contributed by atoms with E-state index in [9.17, 15) is 4.39 Å². The Morgan fingerprint density at radius 1 is 1.14 bits per heavy atom.